The van der Waals surface area contributed by atoms with Crippen LogP contribution in [0.3, 0.4) is 0 Å². The fraction of sp³-hybridized carbons (Fsp3) is 0.200. The number of aryl methyl sites for hydroxylation is 1. The van der Waals surface area contributed by atoms with Gasteiger partial charge in [0.25, 0.3) is 11.1 Å². The maximum atomic E-state index is 13.6. The summed E-state index contributed by atoms with van der Waals surface area (Å²) in [6, 6.07) is 16.0. The van der Waals surface area contributed by atoms with Crippen LogP contribution in [0.5, 0.6) is 0 Å². The molecule has 0 aliphatic rings. The molecule has 178 valence electrons. The number of para-hydroxylation sites is 1. The number of hydrogen-bond donors (Lipinski definition) is 2. The normalized spacial score (nSPS) is 12.3. The molecule has 4 aromatic heterocycles. The first-order chi connectivity index (χ1) is 16.9. The lowest BCUT2D eigenvalue weighted by molar-refractivity contribution is 0.537. The van der Waals surface area contributed by atoms with E-state index in [1.807, 2.05) is 44.4 Å². The van der Waals surface area contributed by atoms with Crippen LogP contribution in [-0.4, -0.2) is 29.1 Å². The monoisotopic (exact) mass is 489 g/mol. The van der Waals surface area contributed by atoms with Crippen LogP contribution in [0.25, 0.3) is 16.6 Å². The molecule has 1 atom stereocenters. The molecule has 2 N–H and O–H groups in total. The molecule has 4 heterocycles. The number of benzene rings is 1. The molecule has 35 heavy (non-hydrogen) atoms. The molecule has 10 heteroatoms. The summed E-state index contributed by atoms with van der Waals surface area (Å²) >= 11 is 6.36. The van der Waals surface area contributed by atoms with Crippen molar-refractivity contribution in [3.05, 3.63) is 110 Å². The van der Waals surface area contributed by atoms with Gasteiger partial charge in [-0.1, -0.05) is 29.8 Å². The molecule has 0 saturated carbocycles. The molecule has 0 fully saturated rings. The summed E-state index contributed by atoms with van der Waals surface area (Å²) in [5.41, 5.74) is 2.58. The number of aromatic nitrogens is 6. The van der Waals surface area contributed by atoms with Gasteiger partial charge in [0, 0.05) is 38.1 Å². The Morgan fingerprint density at radius 1 is 1.11 bits per heavy atom. The molecular formula is C25H24ClN7O2. The fourth-order valence-corrected chi connectivity index (χ4v) is 4.38. The molecule has 1 unspecified atom stereocenters. The lowest BCUT2D eigenvalue weighted by Crippen LogP contribution is -2.30. The van der Waals surface area contributed by atoms with Gasteiger partial charge in [0.15, 0.2) is 0 Å². The molecule has 0 radical (unpaired) electrons. The number of nitrogens with zero attached hydrogens (tertiary/aromatic N) is 5. The summed E-state index contributed by atoms with van der Waals surface area (Å²) < 4.78 is 4.65. The second-order valence-electron chi connectivity index (χ2n) is 8.35. The third-order valence-electron chi connectivity index (χ3n) is 5.96. The van der Waals surface area contributed by atoms with Gasteiger partial charge in [0.05, 0.1) is 45.2 Å². The quantitative estimate of drug-likeness (QED) is 0.365. The Hall–Kier alpha value is -3.95. The Morgan fingerprint density at radius 3 is 2.63 bits per heavy atom. The highest BCUT2D eigenvalue weighted by Gasteiger charge is 2.20. The predicted molar refractivity (Wildman–Crippen MR) is 135 cm³/mol. The minimum atomic E-state index is -0.287. The van der Waals surface area contributed by atoms with Crippen molar-refractivity contribution in [2.24, 2.45) is 7.05 Å². The van der Waals surface area contributed by atoms with Crippen molar-refractivity contribution >= 4 is 22.5 Å². The first-order valence-corrected chi connectivity index (χ1v) is 11.6. The van der Waals surface area contributed by atoms with Gasteiger partial charge in [-0.25, -0.2) is 4.68 Å². The summed E-state index contributed by atoms with van der Waals surface area (Å²) in [4.78, 5) is 31.3. The molecule has 0 saturated heterocycles. The number of aromatic amines is 1. The topological polar surface area (TPSA) is 103 Å². The van der Waals surface area contributed by atoms with E-state index in [0.29, 0.717) is 27.3 Å². The predicted octanol–water partition coefficient (Wildman–Crippen LogP) is 3.16. The van der Waals surface area contributed by atoms with E-state index in [1.54, 1.807) is 39.7 Å². The van der Waals surface area contributed by atoms with Crippen molar-refractivity contribution in [3.63, 3.8) is 0 Å². The molecule has 0 amide bonds. The SMILES string of the molecule is CC(NCc1c2c(=O)n(-c3ccccc3Cl)[nH]c2cc(=O)n1Cc1ccn(C)n1)c1ccccn1. The summed E-state index contributed by atoms with van der Waals surface area (Å²) in [5.74, 6) is 0. The summed E-state index contributed by atoms with van der Waals surface area (Å²) in [6.45, 7) is 2.50. The van der Waals surface area contributed by atoms with E-state index in [0.717, 1.165) is 11.4 Å². The molecule has 0 spiro atoms. The van der Waals surface area contributed by atoms with E-state index in [4.69, 9.17) is 11.6 Å². The van der Waals surface area contributed by atoms with Gasteiger partial charge in [0.1, 0.15) is 0 Å². The second kappa shape index (κ2) is 9.36. The van der Waals surface area contributed by atoms with Gasteiger partial charge in [0.2, 0.25) is 0 Å². The van der Waals surface area contributed by atoms with Crippen molar-refractivity contribution in [3.8, 4) is 5.69 Å². The molecule has 0 aliphatic heterocycles. The molecule has 9 nitrogen and oxygen atoms in total. The van der Waals surface area contributed by atoms with E-state index in [9.17, 15) is 9.59 Å². The number of hydrogen-bond acceptors (Lipinski definition) is 5. The highest BCUT2D eigenvalue weighted by molar-refractivity contribution is 6.32. The average molecular weight is 490 g/mol. The number of H-pyrrole nitrogens is 1. The first kappa shape index (κ1) is 22.8. The third-order valence-corrected chi connectivity index (χ3v) is 6.28. The second-order valence-corrected chi connectivity index (χ2v) is 8.75. The summed E-state index contributed by atoms with van der Waals surface area (Å²) in [5, 5.41) is 11.7. The van der Waals surface area contributed by atoms with Crippen LogP contribution in [0, 0.1) is 0 Å². The number of fused-ring (bicyclic) bond motifs is 1. The molecule has 5 aromatic rings. The van der Waals surface area contributed by atoms with E-state index >= 15 is 0 Å². The summed E-state index contributed by atoms with van der Waals surface area (Å²) in [7, 11) is 1.82. The lowest BCUT2D eigenvalue weighted by atomic mass is 10.1. The van der Waals surface area contributed by atoms with Crippen LogP contribution in [-0.2, 0) is 20.1 Å². The van der Waals surface area contributed by atoms with Crippen molar-refractivity contribution in [2.75, 3.05) is 0 Å². The van der Waals surface area contributed by atoms with E-state index in [-0.39, 0.29) is 30.2 Å². The Balaban J connectivity index is 1.65. The Kier molecular flexibility index (Phi) is 6.10. The van der Waals surface area contributed by atoms with Crippen molar-refractivity contribution in [1.82, 2.24) is 34.4 Å². The van der Waals surface area contributed by atoms with Crippen LogP contribution >= 0.6 is 11.6 Å². The van der Waals surface area contributed by atoms with Gasteiger partial charge in [-0.15, -0.1) is 0 Å². The van der Waals surface area contributed by atoms with Crippen LogP contribution < -0.4 is 16.4 Å². The zero-order chi connectivity index (χ0) is 24.5. The minimum absolute atomic E-state index is 0.102. The Morgan fingerprint density at radius 2 is 1.91 bits per heavy atom. The average Bonchev–Trinajstić information content (AvgIpc) is 3.42. The fourth-order valence-electron chi connectivity index (χ4n) is 4.16. The first-order valence-electron chi connectivity index (χ1n) is 11.2. The number of nitrogens with one attached hydrogen (secondary N) is 2. The highest BCUT2D eigenvalue weighted by atomic mass is 35.5. The maximum Gasteiger partial charge on any atom is 0.280 e. The van der Waals surface area contributed by atoms with Gasteiger partial charge in [-0.2, -0.15) is 5.10 Å². The van der Waals surface area contributed by atoms with E-state index < -0.39 is 0 Å². The molecular weight excluding hydrogens is 466 g/mol. The zero-order valence-electron chi connectivity index (χ0n) is 19.3. The van der Waals surface area contributed by atoms with E-state index in [2.05, 4.69) is 20.5 Å². The standard InChI is InChI=1S/C25H24ClN7O2/c1-16(19-8-5-6-11-27-19)28-14-22-24-20(13-23(34)32(22)15-17-10-12-31(2)29-17)30-33(25(24)35)21-9-4-3-7-18(21)26/h3-13,16,28,30H,14-15H2,1-2H3. The van der Waals surface area contributed by atoms with Crippen molar-refractivity contribution in [1.29, 1.82) is 0 Å². The lowest BCUT2D eigenvalue weighted by Gasteiger charge is -2.17. The third kappa shape index (κ3) is 4.43. The van der Waals surface area contributed by atoms with Gasteiger partial charge >= 0.3 is 0 Å². The molecule has 0 aliphatic carbocycles. The molecule has 1 aromatic carbocycles. The van der Waals surface area contributed by atoms with Crippen LogP contribution in [0.15, 0.2) is 76.6 Å². The largest absolute Gasteiger partial charge is 0.304 e. The van der Waals surface area contributed by atoms with Crippen molar-refractivity contribution in [2.45, 2.75) is 26.1 Å². The maximum absolute atomic E-state index is 13.6. The molecule has 5 rings (SSSR count). The van der Waals surface area contributed by atoms with Crippen molar-refractivity contribution < 1.29 is 0 Å². The zero-order valence-corrected chi connectivity index (χ0v) is 20.0. The molecule has 0 bridgehead atoms. The van der Waals surface area contributed by atoms with Crippen LogP contribution in [0.4, 0.5) is 0 Å². The van der Waals surface area contributed by atoms with E-state index in [1.165, 1.54) is 10.7 Å². The Bertz CT molecular complexity index is 1610. The van der Waals surface area contributed by atoms with Crippen LogP contribution in [0.2, 0.25) is 5.02 Å². The number of pyridine rings is 2. The number of rotatable bonds is 7. The van der Waals surface area contributed by atoms with Gasteiger partial charge in [-0.3, -0.25) is 24.4 Å². The van der Waals surface area contributed by atoms with Gasteiger partial charge in [-0.05, 0) is 37.3 Å². The number of halogens is 1. The summed E-state index contributed by atoms with van der Waals surface area (Å²) in [6.07, 6.45) is 3.56. The van der Waals surface area contributed by atoms with Crippen LogP contribution in [0.1, 0.15) is 30.0 Å². The smallest absolute Gasteiger partial charge is 0.280 e. The highest BCUT2D eigenvalue weighted by Crippen LogP contribution is 2.21. The Labute approximate surface area is 205 Å². The minimum Gasteiger partial charge on any atom is -0.304 e. The van der Waals surface area contributed by atoms with Gasteiger partial charge < -0.3 is 9.88 Å².